The van der Waals surface area contributed by atoms with Gasteiger partial charge in [-0.2, -0.15) is 0 Å². The van der Waals surface area contributed by atoms with Crippen LogP contribution < -0.4 is 18.9 Å². The van der Waals surface area contributed by atoms with Gasteiger partial charge in [-0.05, 0) is 48.9 Å². The molecule has 0 atom stereocenters. The summed E-state index contributed by atoms with van der Waals surface area (Å²) < 4.78 is 26.9. The van der Waals surface area contributed by atoms with Crippen molar-refractivity contribution in [3.05, 3.63) is 47.2 Å². The van der Waals surface area contributed by atoms with Crippen LogP contribution in [0.15, 0.2) is 47.2 Å². The van der Waals surface area contributed by atoms with Crippen molar-refractivity contribution in [3.8, 4) is 43.9 Å². The maximum atomic E-state index is 6.81. The molecule has 0 unspecified atom stereocenters. The fraction of sp³-hybridized carbons (Fsp3) is 0.600. The first-order valence-corrected chi connectivity index (χ1v) is 24.6. The minimum atomic E-state index is 0.0814. The Morgan fingerprint density at radius 2 is 0.842 bits per heavy atom. The van der Waals surface area contributed by atoms with Crippen molar-refractivity contribution >= 4 is 44.5 Å². The summed E-state index contributed by atoms with van der Waals surface area (Å²) in [6, 6.07) is 13.7. The number of benzene rings is 2. The lowest BCUT2D eigenvalue weighted by molar-refractivity contribution is 0.0784. The molecule has 0 amide bonds. The van der Waals surface area contributed by atoms with Crippen molar-refractivity contribution in [1.82, 2.24) is 4.98 Å². The smallest absolute Gasteiger partial charge is 0.179 e. The van der Waals surface area contributed by atoms with E-state index in [1.54, 1.807) is 22.7 Å². The molecule has 7 heteroatoms. The van der Waals surface area contributed by atoms with E-state index in [4.69, 9.17) is 18.9 Å². The standard InChI is InChI=1S/C50H69NO4S2/c1-5-9-13-17-25-49(26-18-14-10-6-2)33-52-43-31-56-47(45(43)54-35-49)37-21-23-39-40-24-22-38(30-42(40)51-41(39)29-37)48-46-44(32-57-48)53-34-50(36-55-46,27-19-15-11-7-3)28-20-16-12-8-4/h21-24,29-32,51H,5-20,25-28,33-36H2,1-4H3. The summed E-state index contributed by atoms with van der Waals surface area (Å²) in [5, 5.41) is 6.79. The lowest BCUT2D eigenvalue weighted by Gasteiger charge is -2.31. The van der Waals surface area contributed by atoms with Gasteiger partial charge < -0.3 is 23.9 Å². The average molecular weight is 812 g/mol. The van der Waals surface area contributed by atoms with Crippen LogP contribution in [0.1, 0.15) is 156 Å². The van der Waals surface area contributed by atoms with Crippen molar-refractivity contribution in [2.75, 3.05) is 26.4 Å². The molecule has 310 valence electrons. The molecule has 0 bridgehead atoms. The van der Waals surface area contributed by atoms with E-state index < -0.39 is 0 Å². The van der Waals surface area contributed by atoms with Gasteiger partial charge in [-0.3, -0.25) is 0 Å². The Kier molecular flexibility index (Phi) is 14.9. The molecule has 57 heavy (non-hydrogen) atoms. The minimum Gasteiger partial charge on any atom is -0.488 e. The Hall–Kier alpha value is -3.16. The zero-order valence-electron chi connectivity index (χ0n) is 35.5. The summed E-state index contributed by atoms with van der Waals surface area (Å²) in [7, 11) is 0. The topological polar surface area (TPSA) is 52.7 Å². The molecule has 3 aromatic heterocycles. The van der Waals surface area contributed by atoms with Crippen LogP contribution >= 0.6 is 22.7 Å². The molecule has 2 aliphatic heterocycles. The van der Waals surface area contributed by atoms with E-state index in [9.17, 15) is 0 Å². The second-order valence-electron chi connectivity index (χ2n) is 17.6. The summed E-state index contributed by atoms with van der Waals surface area (Å²) in [4.78, 5) is 6.11. The predicted molar refractivity (Wildman–Crippen MR) is 244 cm³/mol. The van der Waals surface area contributed by atoms with Crippen LogP contribution in [-0.4, -0.2) is 31.4 Å². The van der Waals surface area contributed by atoms with Crippen molar-refractivity contribution < 1.29 is 18.9 Å². The molecule has 0 spiro atoms. The van der Waals surface area contributed by atoms with Crippen molar-refractivity contribution in [3.63, 3.8) is 0 Å². The van der Waals surface area contributed by atoms with Gasteiger partial charge >= 0.3 is 0 Å². The largest absolute Gasteiger partial charge is 0.488 e. The van der Waals surface area contributed by atoms with E-state index in [1.165, 1.54) is 150 Å². The van der Waals surface area contributed by atoms with Crippen LogP contribution in [0.5, 0.6) is 23.0 Å². The van der Waals surface area contributed by atoms with E-state index in [0.717, 1.165) is 70.2 Å². The summed E-state index contributed by atoms with van der Waals surface area (Å²) in [5.74, 6) is 3.67. The fourth-order valence-corrected chi connectivity index (χ4v) is 11.1. The maximum absolute atomic E-state index is 6.81. The molecule has 5 aromatic rings. The number of unbranched alkanes of at least 4 members (excludes halogenated alkanes) is 12. The average Bonchev–Trinajstić information content (AvgIpc) is 3.88. The van der Waals surface area contributed by atoms with Crippen LogP contribution in [0.4, 0.5) is 0 Å². The minimum absolute atomic E-state index is 0.0814. The number of hydrogen-bond acceptors (Lipinski definition) is 6. The molecule has 5 heterocycles. The van der Waals surface area contributed by atoms with Crippen molar-refractivity contribution in [2.45, 2.75) is 156 Å². The highest BCUT2D eigenvalue weighted by molar-refractivity contribution is 7.14. The van der Waals surface area contributed by atoms with Crippen LogP contribution in [-0.2, 0) is 0 Å². The van der Waals surface area contributed by atoms with Gasteiger partial charge in [0.15, 0.2) is 23.0 Å². The molecule has 7 rings (SSSR count). The molecule has 5 nitrogen and oxygen atoms in total. The molecular weight excluding hydrogens is 743 g/mol. The van der Waals surface area contributed by atoms with Gasteiger partial charge in [0.1, 0.15) is 0 Å². The lowest BCUT2D eigenvalue weighted by atomic mass is 9.79. The maximum Gasteiger partial charge on any atom is 0.179 e. The number of fused-ring (bicyclic) bond motifs is 5. The first kappa shape index (κ1) is 42.0. The quantitative estimate of drug-likeness (QED) is 0.0708. The van der Waals surface area contributed by atoms with Gasteiger partial charge in [-0.1, -0.05) is 155 Å². The number of nitrogens with one attached hydrogen (secondary N) is 1. The summed E-state index contributed by atoms with van der Waals surface area (Å²) in [6.45, 7) is 12.1. The zero-order valence-corrected chi connectivity index (χ0v) is 37.2. The Balaban J connectivity index is 1.09. The van der Waals surface area contributed by atoms with Gasteiger partial charge in [-0.15, -0.1) is 22.7 Å². The van der Waals surface area contributed by atoms with Crippen LogP contribution in [0, 0.1) is 10.8 Å². The third kappa shape index (κ3) is 10.0. The summed E-state index contributed by atoms with van der Waals surface area (Å²) in [5.41, 5.74) is 4.78. The van der Waals surface area contributed by atoms with Gasteiger partial charge in [-0.25, -0.2) is 0 Å². The first-order valence-electron chi connectivity index (χ1n) is 22.8. The van der Waals surface area contributed by atoms with E-state index in [-0.39, 0.29) is 10.8 Å². The van der Waals surface area contributed by atoms with Crippen LogP contribution in [0.25, 0.3) is 42.7 Å². The predicted octanol–water partition coefficient (Wildman–Crippen LogP) is 16.2. The number of aromatic amines is 1. The van der Waals surface area contributed by atoms with Crippen LogP contribution in [0.3, 0.4) is 0 Å². The van der Waals surface area contributed by atoms with E-state index in [2.05, 4.69) is 79.8 Å². The van der Waals surface area contributed by atoms with Crippen molar-refractivity contribution in [1.29, 1.82) is 0 Å². The molecular formula is C50H69NO4S2. The SMILES string of the molecule is CCCCCCC1(CCCCCC)COc2csc(-c3ccc4c(c3)[nH]c3cc(-c5scc6c5OCC(CCCCCC)(CCCCCC)CO6)ccc34)c2OC1. The fourth-order valence-electron chi connectivity index (χ4n) is 9.26. The number of rotatable bonds is 22. The Morgan fingerprint density at radius 3 is 1.21 bits per heavy atom. The van der Waals surface area contributed by atoms with E-state index in [1.807, 2.05) is 0 Å². The molecule has 1 N–H and O–H groups in total. The lowest BCUT2D eigenvalue weighted by Crippen LogP contribution is -2.33. The third-order valence-electron chi connectivity index (χ3n) is 12.9. The highest BCUT2D eigenvalue weighted by Gasteiger charge is 2.37. The second kappa shape index (κ2) is 20.2. The van der Waals surface area contributed by atoms with Gasteiger partial charge in [0.05, 0.1) is 36.2 Å². The molecule has 2 aromatic carbocycles. The Labute approximate surface area is 351 Å². The van der Waals surface area contributed by atoms with Crippen molar-refractivity contribution in [2.24, 2.45) is 10.8 Å². The third-order valence-corrected chi connectivity index (χ3v) is 14.9. The first-order chi connectivity index (χ1) is 28.0. The molecule has 0 saturated carbocycles. The Bertz CT molecular complexity index is 1840. The zero-order chi connectivity index (χ0) is 39.5. The number of aromatic nitrogens is 1. The monoisotopic (exact) mass is 811 g/mol. The summed E-state index contributed by atoms with van der Waals surface area (Å²) in [6.07, 6.45) is 25.2. The van der Waals surface area contributed by atoms with Crippen LogP contribution in [0.2, 0.25) is 0 Å². The number of ether oxygens (including phenoxy) is 4. The van der Waals surface area contributed by atoms with E-state index >= 15 is 0 Å². The Morgan fingerprint density at radius 1 is 0.474 bits per heavy atom. The molecule has 2 aliphatic rings. The highest BCUT2D eigenvalue weighted by atomic mass is 32.1. The second-order valence-corrected chi connectivity index (χ2v) is 19.3. The number of hydrogen-bond donors (Lipinski definition) is 1. The number of thiophene rings is 2. The van der Waals surface area contributed by atoms with Gasteiger partial charge in [0.25, 0.3) is 0 Å². The van der Waals surface area contributed by atoms with E-state index in [0.29, 0.717) is 0 Å². The summed E-state index contributed by atoms with van der Waals surface area (Å²) >= 11 is 3.46. The number of H-pyrrole nitrogens is 1. The van der Waals surface area contributed by atoms with Gasteiger partial charge in [0, 0.05) is 43.4 Å². The highest BCUT2D eigenvalue weighted by Crippen LogP contribution is 2.51. The molecule has 0 aliphatic carbocycles. The molecule has 0 fully saturated rings. The normalized spacial score (nSPS) is 15.9. The molecule has 0 radical (unpaired) electrons. The molecule has 0 saturated heterocycles. The van der Waals surface area contributed by atoms with Gasteiger partial charge in [0.2, 0.25) is 0 Å².